The van der Waals surface area contributed by atoms with Gasteiger partial charge in [0.1, 0.15) is 0 Å². The van der Waals surface area contributed by atoms with Crippen molar-refractivity contribution in [2.75, 3.05) is 5.73 Å². The molecule has 0 unspecified atom stereocenters. The van der Waals surface area contributed by atoms with Gasteiger partial charge in [-0.15, -0.1) is 5.10 Å². The topological polar surface area (TPSA) is 56.7 Å². The second-order valence-corrected chi connectivity index (χ2v) is 3.70. The smallest absolute Gasteiger partial charge is 0.166 e. The lowest BCUT2D eigenvalue weighted by atomic mass is 10.3. The molecule has 0 aliphatic carbocycles. The molecule has 0 atom stereocenters. The molecule has 0 aliphatic rings. The number of aromatic nitrogens is 3. The number of hydrogen-bond acceptors (Lipinski definition) is 3. The Morgan fingerprint density at radius 1 is 1.31 bits per heavy atom. The molecule has 0 spiro atoms. The third kappa shape index (κ3) is 1.64. The van der Waals surface area contributed by atoms with Gasteiger partial charge in [0.05, 0.1) is 11.9 Å². The predicted molar refractivity (Wildman–Crippen MR) is 58.5 cm³/mol. The van der Waals surface area contributed by atoms with Crippen LogP contribution < -0.4 is 5.73 Å². The molecule has 0 saturated carbocycles. The molecule has 0 fully saturated rings. The van der Waals surface area contributed by atoms with Crippen LogP contribution in [0.3, 0.4) is 0 Å². The number of benzene rings is 1. The third-order valence-electron chi connectivity index (χ3n) is 1.61. The van der Waals surface area contributed by atoms with E-state index in [1.54, 1.807) is 10.9 Å². The summed E-state index contributed by atoms with van der Waals surface area (Å²) in [6.07, 6.45) is 1.69. The van der Waals surface area contributed by atoms with Gasteiger partial charge < -0.3 is 5.73 Å². The molecule has 2 N–H and O–H groups in total. The van der Waals surface area contributed by atoms with Crippen LogP contribution in [-0.4, -0.2) is 15.0 Å². The van der Waals surface area contributed by atoms with Crippen LogP contribution in [-0.2, 0) is 0 Å². The Labute approximate surface area is 88.9 Å². The van der Waals surface area contributed by atoms with Gasteiger partial charge in [0.15, 0.2) is 5.82 Å². The highest BCUT2D eigenvalue weighted by Crippen LogP contribution is 2.15. The lowest BCUT2D eigenvalue weighted by Gasteiger charge is -2.01. The Morgan fingerprint density at radius 2 is 2.08 bits per heavy atom. The van der Waals surface area contributed by atoms with Gasteiger partial charge in [-0.05, 0) is 34.7 Å². The first-order valence-electron chi connectivity index (χ1n) is 3.70. The Hall–Kier alpha value is -1.11. The Morgan fingerprint density at radius 3 is 2.69 bits per heavy atom. The lowest BCUT2D eigenvalue weighted by Crippen LogP contribution is -1.97. The van der Waals surface area contributed by atoms with Crippen LogP contribution in [0.15, 0.2) is 30.5 Å². The van der Waals surface area contributed by atoms with Crippen molar-refractivity contribution in [3.63, 3.8) is 0 Å². The minimum absolute atomic E-state index is 0.430. The second-order valence-electron chi connectivity index (χ2n) is 2.54. The number of halogens is 1. The van der Waals surface area contributed by atoms with E-state index >= 15 is 0 Å². The van der Waals surface area contributed by atoms with Crippen molar-refractivity contribution >= 4 is 28.4 Å². The quantitative estimate of drug-likeness (QED) is 0.807. The molecule has 1 aromatic heterocycles. The largest absolute Gasteiger partial charge is 0.381 e. The Balaban J connectivity index is 2.52. The minimum atomic E-state index is 0.430. The fraction of sp³-hybridized carbons (Fsp3) is 0. The number of nitrogens with two attached hydrogens (primary N) is 1. The molecule has 1 heterocycles. The molecule has 5 heteroatoms. The molecular formula is C8H7IN4. The zero-order valence-electron chi connectivity index (χ0n) is 6.68. The summed E-state index contributed by atoms with van der Waals surface area (Å²) >= 11 is 2.24. The first kappa shape index (κ1) is 8.49. The van der Waals surface area contributed by atoms with Gasteiger partial charge in [-0.2, -0.15) is 0 Å². The summed E-state index contributed by atoms with van der Waals surface area (Å²) in [5.74, 6) is 0.430. The lowest BCUT2D eigenvalue weighted by molar-refractivity contribution is 0.801. The highest BCUT2D eigenvalue weighted by atomic mass is 127. The summed E-state index contributed by atoms with van der Waals surface area (Å²) in [7, 11) is 0. The number of hydrogen-bond donors (Lipinski definition) is 1. The highest BCUT2D eigenvalue weighted by molar-refractivity contribution is 14.1. The van der Waals surface area contributed by atoms with Crippen LogP contribution in [0.2, 0.25) is 0 Å². The first-order chi connectivity index (χ1) is 6.27. The number of nitrogen functional groups attached to an aromatic ring is 1. The molecule has 4 nitrogen and oxygen atoms in total. The van der Waals surface area contributed by atoms with Crippen molar-refractivity contribution in [3.05, 3.63) is 34.0 Å². The van der Waals surface area contributed by atoms with Crippen molar-refractivity contribution in [2.24, 2.45) is 0 Å². The Kier molecular flexibility index (Phi) is 2.17. The van der Waals surface area contributed by atoms with E-state index in [4.69, 9.17) is 5.73 Å². The highest BCUT2D eigenvalue weighted by Gasteiger charge is 2.02. The fourth-order valence-corrected chi connectivity index (χ4v) is 1.67. The average Bonchev–Trinajstić information content (AvgIpc) is 2.53. The van der Waals surface area contributed by atoms with E-state index in [9.17, 15) is 0 Å². The molecule has 0 saturated heterocycles. The molecule has 0 aliphatic heterocycles. The maximum absolute atomic E-state index is 5.47. The second kappa shape index (κ2) is 3.33. The number of anilines is 1. The monoisotopic (exact) mass is 286 g/mol. The first-order valence-corrected chi connectivity index (χ1v) is 4.78. The van der Waals surface area contributed by atoms with Crippen LogP contribution in [0.25, 0.3) is 5.69 Å². The van der Waals surface area contributed by atoms with Crippen molar-refractivity contribution < 1.29 is 0 Å². The minimum Gasteiger partial charge on any atom is -0.381 e. The number of rotatable bonds is 1. The van der Waals surface area contributed by atoms with E-state index in [0.29, 0.717) is 5.82 Å². The molecule has 66 valence electrons. The summed E-state index contributed by atoms with van der Waals surface area (Å²) in [5, 5.41) is 7.61. The molecule has 2 aromatic rings. The van der Waals surface area contributed by atoms with Crippen LogP contribution in [0, 0.1) is 3.57 Å². The zero-order valence-corrected chi connectivity index (χ0v) is 8.84. The van der Waals surface area contributed by atoms with Gasteiger partial charge in [-0.1, -0.05) is 17.3 Å². The normalized spacial score (nSPS) is 10.2. The van der Waals surface area contributed by atoms with Gasteiger partial charge in [-0.3, -0.25) is 0 Å². The van der Waals surface area contributed by atoms with E-state index in [2.05, 4.69) is 32.9 Å². The summed E-state index contributed by atoms with van der Waals surface area (Å²) in [6, 6.07) is 7.91. The summed E-state index contributed by atoms with van der Waals surface area (Å²) < 4.78 is 2.78. The summed E-state index contributed by atoms with van der Waals surface area (Å²) in [5.41, 5.74) is 6.46. The van der Waals surface area contributed by atoms with Gasteiger partial charge in [0.25, 0.3) is 0 Å². The van der Waals surface area contributed by atoms with Gasteiger partial charge >= 0.3 is 0 Å². The van der Waals surface area contributed by atoms with E-state index in [1.807, 2.05) is 24.3 Å². The van der Waals surface area contributed by atoms with Crippen LogP contribution in [0.1, 0.15) is 0 Å². The molecule has 13 heavy (non-hydrogen) atoms. The van der Waals surface area contributed by atoms with E-state index in [0.717, 1.165) is 9.26 Å². The van der Waals surface area contributed by atoms with Crippen molar-refractivity contribution in [2.45, 2.75) is 0 Å². The van der Waals surface area contributed by atoms with E-state index in [-0.39, 0.29) is 0 Å². The SMILES string of the molecule is Nc1cn(-c2ccccc2I)nn1. The molecule has 1 aromatic carbocycles. The van der Waals surface area contributed by atoms with Gasteiger partial charge in [-0.25, -0.2) is 4.68 Å². The molecule has 2 rings (SSSR count). The molecule has 0 bridgehead atoms. The van der Waals surface area contributed by atoms with Gasteiger partial charge in [0, 0.05) is 3.57 Å². The van der Waals surface area contributed by atoms with E-state index < -0.39 is 0 Å². The standard InChI is InChI=1S/C8H7IN4/c9-6-3-1-2-4-7(6)13-5-8(10)11-12-13/h1-5H,10H2. The number of para-hydroxylation sites is 1. The van der Waals surface area contributed by atoms with Crippen LogP contribution in [0.4, 0.5) is 5.82 Å². The van der Waals surface area contributed by atoms with Crippen LogP contribution >= 0.6 is 22.6 Å². The zero-order chi connectivity index (χ0) is 9.26. The van der Waals surface area contributed by atoms with Crippen molar-refractivity contribution in [1.29, 1.82) is 0 Å². The van der Waals surface area contributed by atoms with Gasteiger partial charge in [0.2, 0.25) is 0 Å². The molecule has 0 radical (unpaired) electrons. The van der Waals surface area contributed by atoms with Crippen molar-refractivity contribution in [1.82, 2.24) is 15.0 Å². The third-order valence-corrected chi connectivity index (χ3v) is 2.52. The fourth-order valence-electron chi connectivity index (χ4n) is 1.03. The number of nitrogens with zero attached hydrogens (tertiary/aromatic N) is 3. The molecule has 0 amide bonds. The van der Waals surface area contributed by atoms with Crippen molar-refractivity contribution in [3.8, 4) is 5.69 Å². The predicted octanol–water partition coefficient (Wildman–Crippen LogP) is 1.45. The average molecular weight is 286 g/mol. The molecular weight excluding hydrogens is 279 g/mol. The Bertz CT molecular complexity index is 424. The maximum atomic E-state index is 5.47. The maximum Gasteiger partial charge on any atom is 0.166 e. The summed E-state index contributed by atoms with van der Waals surface area (Å²) in [6.45, 7) is 0. The van der Waals surface area contributed by atoms with E-state index in [1.165, 1.54) is 0 Å². The van der Waals surface area contributed by atoms with Crippen LogP contribution in [0.5, 0.6) is 0 Å². The summed E-state index contributed by atoms with van der Waals surface area (Å²) in [4.78, 5) is 0.